The maximum atomic E-state index is 12.4. The highest BCUT2D eigenvalue weighted by atomic mass is 19.1. The number of carboxylic acid groups (broad SMARTS) is 1. The number of carbonyl (C=O) groups is 1. The summed E-state index contributed by atoms with van der Waals surface area (Å²) in [4.78, 5) is 33.1. The molecule has 0 fully saturated rings. The average Bonchev–Trinajstić information content (AvgIpc) is 1.97. The zero-order valence-electron chi connectivity index (χ0n) is 5.57. The number of halogens is 1. The normalized spacial score (nSPS) is 9.75. The van der Waals surface area contributed by atoms with Crippen LogP contribution in [-0.4, -0.2) is 20.8 Å². The van der Waals surface area contributed by atoms with Crippen molar-refractivity contribution in [3.05, 3.63) is 32.9 Å². The van der Waals surface area contributed by atoms with Crippen LogP contribution >= 0.6 is 0 Å². The lowest BCUT2D eigenvalue weighted by Crippen LogP contribution is -2.40. The second-order valence-electron chi connectivity index (χ2n) is 1.86. The van der Waals surface area contributed by atoms with Crippen LogP contribution in [-0.2, 0) is 0 Å². The summed E-state index contributed by atoms with van der Waals surface area (Å²) in [7, 11) is 0. The topological polar surface area (TPSA) is 92.2 Å². The van der Waals surface area contributed by atoms with Gasteiger partial charge in [-0.05, 0) is 0 Å². The molecule has 0 bridgehead atoms. The highest BCUT2D eigenvalue weighted by molar-refractivity contribution is 5.67. The van der Waals surface area contributed by atoms with E-state index in [1.54, 1.807) is 4.98 Å². The number of H-pyrrole nitrogens is 1. The fraction of sp³-hybridized carbons (Fsp3) is 0. The van der Waals surface area contributed by atoms with Crippen LogP contribution in [0.25, 0.3) is 0 Å². The molecule has 7 heteroatoms. The van der Waals surface area contributed by atoms with Crippen molar-refractivity contribution in [2.45, 2.75) is 0 Å². The summed E-state index contributed by atoms with van der Waals surface area (Å²) in [5.74, 6) is -1.32. The molecule has 0 saturated heterocycles. The van der Waals surface area contributed by atoms with E-state index < -0.39 is 23.2 Å². The summed E-state index contributed by atoms with van der Waals surface area (Å²) in [6, 6.07) is 0. The smallest absolute Gasteiger partial charge is 0.422 e. The summed E-state index contributed by atoms with van der Waals surface area (Å²) in [6.45, 7) is 0. The maximum Gasteiger partial charge on any atom is 0.422 e. The number of rotatable bonds is 0. The van der Waals surface area contributed by atoms with E-state index in [1.165, 1.54) is 0 Å². The summed E-state index contributed by atoms with van der Waals surface area (Å²) in [6.07, 6.45) is -1.31. The Balaban J connectivity index is 3.67. The predicted octanol–water partition coefficient (Wildman–Crippen LogP) is -0.798. The van der Waals surface area contributed by atoms with Crippen LogP contribution in [0.1, 0.15) is 0 Å². The highest BCUT2D eigenvalue weighted by Gasteiger charge is 2.11. The molecule has 0 aliphatic carbocycles. The Hall–Kier alpha value is -1.92. The number of nitrogens with one attached hydrogen (secondary N) is 1. The van der Waals surface area contributed by atoms with Gasteiger partial charge in [0.05, 0.1) is 0 Å². The van der Waals surface area contributed by atoms with Crippen LogP contribution in [0.15, 0.2) is 15.8 Å². The lowest BCUT2D eigenvalue weighted by Gasteiger charge is -1.94. The fourth-order valence-corrected chi connectivity index (χ4v) is 0.624. The molecule has 0 saturated carbocycles. The second-order valence-corrected chi connectivity index (χ2v) is 1.86. The third kappa shape index (κ3) is 1.11. The lowest BCUT2D eigenvalue weighted by atomic mass is 10.6. The van der Waals surface area contributed by atoms with E-state index in [0.29, 0.717) is 6.20 Å². The van der Waals surface area contributed by atoms with Crippen LogP contribution in [0.2, 0.25) is 0 Å². The predicted molar refractivity (Wildman–Crippen MR) is 34.7 cm³/mol. The molecule has 0 aromatic carbocycles. The first-order valence-electron chi connectivity index (χ1n) is 2.77. The average molecular weight is 174 g/mol. The van der Waals surface area contributed by atoms with Gasteiger partial charge in [0, 0.05) is 6.20 Å². The van der Waals surface area contributed by atoms with E-state index in [9.17, 15) is 18.8 Å². The van der Waals surface area contributed by atoms with Gasteiger partial charge in [-0.2, -0.15) is 8.96 Å². The van der Waals surface area contributed by atoms with Crippen molar-refractivity contribution in [3.8, 4) is 0 Å². The highest BCUT2D eigenvalue weighted by Crippen LogP contribution is 1.79. The van der Waals surface area contributed by atoms with Crippen molar-refractivity contribution in [1.82, 2.24) is 9.55 Å². The number of hydrogen-bond donors (Lipinski definition) is 2. The Bertz CT molecular complexity index is 432. The van der Waals surface area contributed by atoms with Crippen molar-refractivity contribution >= 4 is 6.09 Å². The van der Waals surface area contributed by atoms with Crippen molar-refractivity contribution in [2.24, 2.45) is 0 Å². The molecule has 1 aromatic heterocycles. The number of nitrogens with zero attached hydrogens (tertiary/aromatic N) is 1. The van der Waals surface area contributed by atoms with E-state index in [0.717, 1.165) is 0 Å². The Morgan fingerprint density at radius 1 is 1.58 bits per heavy atom. The second kappa shape index (κ2) is 2.61. The van der Waals surface area contributed by atoms with Crippen LogP contribution in [0.3, 0.4) is 0 Å². The molecule has 1 aromatic rings. The molecule has 0 radical (unpaired) electrons. The first-order chi connectivity index (χ1) is 5.54. The van der Waals surface area contributed by atoms with Crippen LogP contribution < -0.4 is 11.2 Å². The van der Waals surface area contributed by atoms with Crippen molar-refractivity contribution in [3.63, 3.8) is 0 Å². The summed E-state index contributed by atoms with van der Waals surface area (Å²) >= 11 is 0. The van der Waals surface area contributed by atoms with Crippen LogP contribution in [0, 0.1) is 5.82 Å². The third-order valence-corrected chi connectivity index (χ3v) is 1.12. The molecule has 6 nitrogen and oxygen atoms in total. The zero-order valence-corrected chi connectivity index (χ0v) is 5.57. The first kappa shape index (κ1) is 8.18. The SMILES string of the molecule is O=C(O)n1c(=O)[nH]cc(F)c1=O. The molecule has 1 rings (SSSR count). The van der Waals surface area contributed by atoms with Gasteiger partial charge in [-0.15, -0.1) is 0 Å². The van der Waals surface area contributed by atoms with Gasteiger partial charge >= 0.3 is 17.3 Å². The molecule has 0 spiro atoms. The van der Waals surface area contributed by atoms with E-state index in [4.69, 9.17) is 5.11 Å². The summed E-state index contributed by atoms with van der Waals surface area (Å²) in [5, 5.41) is 8.25. The van der Waals surface area contributed by atoms with Gasteiger partial charge in [-0.3, -0.25) is 4.79 Å². The molecule has 0 aliphatic rings. The molecule has 0 unspecified atom stereocenters. The molecule has 12 heavy (non-hydrogen) atoms. The first-order valence-corrected chi connectivity index (χ1v) is 2.77. The standard InChI is InChI=1S/C5H3FN2O4/c6-2-1-7-4(10)8(3(2)9)5(11)12/h1H,(H,7,10)(H,11,12). The molecule has 0 aliphatic heterocycles. The van der Waals surface area contributed by atoms with Gasteiger partial charge in [0.25, 0.3) is 0 Å². The van der Waals surface area contributed by atoms with Gasteiger partial charge in [0.2, 0.25) is 5.82 Å². The monoisotopic (exact) mass is 174 g/mol. The number of aromatic amines is 1. The lowest BCUT2D eigenvalue weighted by molar-refractivity contribution is 0.193. The quantitative estimate of drug-likeness (QED) is 0.538. The van der Waals surface area contributed by atoms with Gasteiger partial charge in [0.1, 0.15) is 0 Å². The molecular formula is C5H3FN2O4. The Morgan fingerprint density at radius 3 is 2.58 bits per heavy atom. The van der Waals surface area contributed by atoms with E-state index in [2.05, 4.69) is 0 Å². The minimum atomic E-state index is -1.82. The molecule has 2 N–H and O–H groups in total. The van der Waals surface area contributed by atoms with Gasteiger partial charge < -0.3 is 10.1 Å². The van der Waals surface area contributed by atoms with Crippen molar-refractivity contribution < 1.29 is 14.3 Å². The third-order valence-electron chi connectivity index (χ3n) is 1.12. The van der Waals surface area contributed by atoms with Crippen LogP contribution in [0.5, 0.6) is 0 Å². The van der Waals surface area contributed by atoms with E-state index in [1.807, 2.05) is 0 Å². The van der Waals surface area contributed by atoms with E-state index >= 15 is 0 Å². The Labute approximate surface area is 63.9 Å². The minimum Gasteiger partial charge on any atom is -0.464 e. The maximum absolute atomic E-state index is 12.4. The zero-order chi connectivity index (χ0) is 9.30. The molecule has 1 heterocycles. The minimum absolute atomic E-state index is 0.255. The largest absolute Gasteiger partial charge is 0.464 e. The molecule has 64 valence electrons. The van der Waals surface area contributed by atoms with Crippen LogP contribution in [0.4, 0.5) is 9.18 Å². The van der Waals surface area contributed by atoms with Gasteiger partial charge in [-0.25, -0.2) is 9.59 Å². The molecular weight excluding hydrogens is 171 g/mol. The number of aromatic nitrogens is 2. The molecule has 0 amide bonds. The van der Waals surface area contributed by atoms with E-state index in [-0.39, 0.29) is 4.57 Å². The molecule has 0 atom stereocenters. The Kier molecular flexibility index (Phi) is 1.78. The van der Waals surface area contributed by atoms with Crippen molar-refractivity contribution in [1.29, 1.82) is 0 Å². The van der Waals surface area contributed by atoms with Gasteiger partial charge in [-0.1, -0.05) is 0 Å². The summed E-state index contributed by atoms with van der Waals surface area (Å²) in [5.41, 5.74) is -2.67. The fourth-order valence-electron chi connectivity index (χ4n) is 0.624. The number of hydrogen-bond acceptors (Lipinski definition) is 3. The Morgan fingerprint density at radius 2 is 2.17 bits per heavy atom. The van der Waals surface area contributed by atoms with Crippen molar-refractivity contribution in [2.75, 3.05) is 0 Å². The summed E-state index contributed by atoms with van der Waals surface area (Å²) < 4.78 is 12.1. The van der Waals surface area contributed by atoms with Gasteiger partial charge in [0.15, 0.2) is 0 Å².